The number of aromatic nitrogens is 6. The highest BCUT2D eigenvalue weighted by Gasteiger charge is 2.34. The molecule has 31 heavy (non-hydrogen) atoms. The average molecular weight is 405 g/mol. The summed E-state index contributed by atoms with van der Waals surface area (Å²) >= 11 is 0. The fraction of sp³-hybridized carbons (Fsp3) is 0.167. The van der Waals surface area contributed by atoms with Crippen LogP contribution >= 0.6 is 0 Å². The molecular weight excluding hydrogens is 386 g/mol. The van der Waals surface area contributed by atoms with Gasteiger partial charge in [-0.15, -0.1) is 0 Å². The molecule has 0 N–H and O–H groups in total. The van der Waals surface area contributed by atoms with E-state index in [1.54, 1.807) is 12.4 Å². The lowest BCUT2D eigenvalue weighted by Crippen LogP contribution is -2.46. The number of fused-ring (bicyclic) bond motifs is 2. The second-order valence-electron chi connectivity index (χ2n) is 7.77. The third kappa shape index (κ3) is 3.06. The van der Waals surface area contributed by atoms with Crippen LogP contribution in [0, 0.1) is 6.92 Å². The highest BCUT2D eigenvalue weighted by atomic mass is 15.3. The molecule has 5 heterocycles. The van der Waals surface area contributed by atoms with Crippen molar-refractivity contribution in [3.8, 4) is 11.3 Å². The van der Waals surface area contributed by atoms with Crippen molar-refractivity contribution in [3.63, 3.8) is 0 Å². The topological polar surface area (TPSA) is 80.6 Å². The first-order valence-corrected chi connectivity index (χ1v) is 10.3. The third-order valence-electron chi connectivity index (χ3n) is 5.76. The molecule has 1 aliphatic heterocycles. The van der Waals surface area contributed by atoms with Gasteiger partial charge in [0.25, 0.3) is 0 Å². The SMILES string of the molecule is Cc1ncccc1-c1nc2cccnc2nc1C1CN(c2ncc3ccccc3n2)C1. The van der Waals surface area contributed by atoms with Crippen molar-refractivity contribution >= 4 is 28.0 Å². The molecular formula is C24H19N7. The lowest BCUT2D eigenvalue weighted by molar-refractivity contribution is 0.505. The Hall–Kier alpha value is -4.00. The standard InChI is InChI=1S/C24H19N7/c1-15-18(7-4-10-25-15)22-21(30-23-20(28-22)9-5-11-26-23)17-13-31(14-17)24-27-12-16-6-2-3-8-19(16)29-24/h2-12,17H,13-14H2,1H3. The van der Waals surface area contributed by atoms with Gasteiger partial charge in [-0.1, -0.05) is 18.2 Å². The van der Waals surface area contributed by atoms with Crippen LogP contribution in [0.25, 0.3) is 33.3 Å². The Morgan fingerprint density at radius 2 is 1.61 bits per heavy atom. The quantitative estimate of drug-likeness (QED) is 0.450. The van der Waals surface area contributed by atoms with Crippen molar-refractivity contribution in [3.05, 3.63) is 78.5 Å². The van der Waals surface area contributed by atoms with Crippen molar-refractivity contribution in [1.82, 2.24) is 29.9 Å². The van der Waals surface area contributed by atoms with E-state index in [0.29, 0.717) is 5.65 Å². The van der Waals surface area contributed by atoms with Crippen LogP contribution in [0.1, 0.15) is 17.3 Å². The number of hydrogen-bond acceptors (Lipinski definition) is 7. The molecule has 0 amide bonds. The second-order valence-corrected chi connectivity index (χ2v) is 7.77. The first-order valence-electron chi connectivity index (χ1n) is 10.3. The molecule has 0 spiro atoms. The number of benzene rings is 1. The van der Waals surface area contributed by atoms with Gasteiger partial charge >= 0.3 is 0 Å². The summed E-state index contributed by atoms with van der Waals surface area (Å²) in [7, 11) is 0. The number of para-hydroxylation sites is 1. The Labute approximate surface area is 178 Å². The summed E-state index contributed by atoms with van der Waals surface area (Å²) < 4.78 is 0. The van der Waals surface area contributed by atoms with Gasteiger partial charge in [0, 0.05) is 54.2 Å². The Balaban J connectivity index is 1.38. The molecule has 150 valence electrons. The van der Waals surface area contributed by atoms with Crippen molar-refractivity contribution in [2.24, 2.45) is 0 Å². The van der Waals surface area contributed by atoms with Crippen LogP contribution in [0.4, 0.5) is 5.95 Å². The van der Waals surface area contributed by atoms with Crippen LogP contribution in [-0.2, 0) is 0 Å². The summed E-state index contributed by atoms with van der Waals surface area (Å²) in [5.41, 5.74) is 6.21. The number of nitrogens with zero attached hydrogens (tertiary/aromatic N) is 7. The molecule has 0 atom stereocenters. The van der Waals surface area contributed by atoms with Crippen molar-refractivity contribution in [1.29, 1.82) is 0 Å². The monoisotopic (exact) mass is 405 g/mol. The summed E-state index contributed by atoms with van der Waals surface area (Å²) in [6.45, 7) is 3.58. The molecule has 0 saturated carbocycles. The zero-order chi connectivity index (χ0) is 20.8. The molecule has 5 aromatic rings. The summed E-state index contributed by atoms with van der Waals surface area (Å²) in [5.74, 6) is 0.976. The number of aryl methyl sites for hydroxylation is 1. The Morgan fingerprint density at radius 3 is 2.52 bits per heavy atom. The minimum atomic E-state index is 0.226. The minimum Gasteiger partial charge on any atom is -0.339 e. The summed E-state index contributed by atoms with van der Waals surface area (Å²) in [6.07, 6.45) is 5.44. The van der Waals surface area contributed by atoms with E-state index >= 15 is 0 Å². The fourth-order valence-electron chi connectivity index (χ4n) is 4.05. The first kappa shape index (κ1) is 17.8. The van der Waals surface area contributed by atoms with Crippen LogP contribution in [0.15, 0.2) is 67.1 Å². The van der Waals surface area contributed by atoms with E-state index in [-0.39, 0.29) is 5.92 Å². The number of rotatable bonds is 3. The van der Waals surface area contributed by atoms with Crippen LogP contribution in [0.3, 0.4) is 0 Å². The van der Waals surface area contributed by atoms with Gasteiger partial charge in [-0.25, -0.2) is 24.9 Å². The molecule has 4 aromatic heterocycles. The van der Waals surface area contributed by atoms with E-state index in [1.807, 2.05) is 55.6 Å². The average Bonchev–Trinajstić information content (AvgIpc) is 2.78. The Kier molecular flexibility index (Phi) is 4.06. The Morgan fingerprint density at radius 1 is 0.806 bits per heavy atom. The maximum absolute atomic E-state index is 4.93. The zero-order valence-electron chi connectivity index (χ0n) is 17.0. The largest absolute Gasteiger partial charge is 0.339 e. The molecule has 6 rings (SSSR count). The number of anilines is 1. The fourth-order valence-corrected chi connectivity index (χ4v) is 4.05. The molecule has 0 unspecified atom stereocenters. The minimum absolute atomic E-state index is 0.226. The normalized spacial score (nSPS) is 14.2. The molecule has 0 radical (unpaired) electrons. The molecule has 0 bridgehead atoms. The first-order chi connectivity index (χ1) is 15.3. The van der Waals surface area contributed by atoms with Gasteiger partial charge in [0.2, 0.25) is 5.95 Å². The van der Waals surface area contributed by atoms with Crippen LogP contribution in [0.5, 0.6) is 0 Å². The Bertz CT molecular complexity index is 1430. The van der Waals surface area contributed by atoms with Crippen molar-refractivity contribution < 1.29 is 0 Å². The molecule has 7 nitrogen and oxygen atoms in total. The predicted molar refractivity (Wildman–Crippen MR) is 120 cm³/mol. The highest BCUT2D eigenvalue weighted by molar-refractivity contribution is 5.79. The van der Waals surface area contributed by atoms with Crippen molar-refractivity contribution in [2.45, 2.75) is 12.8 Å². The molecule has 1 aliphatic rings. The maximum Gasteiger partial charge on any atom is 0.225 e. The van der Waals surface area contributed by atoms with Gasteiger partial charge in [-0.3, -0.25) is 4.98 Å². The van der Waals surface area contributed by atoms with E-state index in [0.717, 1.165) is 58.1 Å². The van der Waals surface area contributed by atoms with Gasteiger partial charge in [0.1, 0.15) is 5.52 Å². The van der Waals surface area contributed by atoms with Crippen LogP contribution in [-0.4, -0.2) is 43.0 Å². The predicted octanol–water partition coefficient (Wildman–Crippen LogP) is 3.94. The third-order valence-corrected chi connectivity index (χ3v) is 5.76. The van der Waals surface area contributed by atoms with E-state index in [9.17, 15) is 0 Å². The van der Waals surface area contributed by atoms with E-state index in [2.05, 4.69) is 25.9 Å². The summed E-state index contributed by atoms with van der Waals surface area (Å²) in [4.78, 5) is 30.2. The van der Waals surface area contributed by atoms with E-state index < -0.39 is 0 Å². The molecule has 0 aliphatic carbocycles. The smallest absolute Gasteiger partial charge is 0.225 e. The lowest BCUT2D eigenvalue weighted by Gasteiger charge is -2.39. The second kappa shape index (κ2) is 7.05. The molecule has 1 fully saturated rings. The van der Waals surface area contributed by atoms with Crippen molar-refractivity contribution in [2.75, 3.05) is 18.0 Å². The molecule has 1 saturated heterocycles. The maximum atomic E-state index is 4.93. The molecule has 1 aromatic carbocycles. The van der Waals surface area contributed by atoms with E-state index in [4.69, 9.17) is 15.0 Å². The van der Waals surface area contributed by atoms with Gasteiger partial charge in [0.05, 0.1) is 16.9 Å². The van der Waals surface area contributed by atoms with Gasteiger partial charge in [-0.05, 0) is 37.3 Å². The van der Waals surface area contributed by atoms with Crippen LogP contribution < -0.4 is 4.90 Å². The van der Waals surface area contributed by atoms with Gasteiger partial charge < -0.3 is 4.90 Å². The van der Waals surface area contributed by atoms with Gasteiger partial charge in [0.15, 0.2) is 5.65 Å². The van der Waals surface area contributed by atoms with Crippen LogP contribution in [0.2, 0.25) is 0 Å². The number of hydrogen-bond donors (Lipinski definition) is 0. The summed E-state index contributed by atoms with van der Waals surface area (Å²) in [6, 6.07) is 15.9. The highest BCUT2D eigenvalue weighted by Crippen LogP contribution is 2.35. The lowest BCUT2D eigenvalue weighted by atomic mass is 9.92. The number of pyridine rings is 2. The van der Waals surface area contributed by atoms with E-state index in [1.165, 1.54) is 0 Å². The zero-order valence-corrected chi connectivity index (χ0v) is 17.0. The molecule has 7 heteroatoms. The summed E-state index contributed by atoms with van der Waals surface area (Å²) in [5, 5.41) is 1.05. The van der Waals surface area contributed by atoms with Gasteiger partial charge in [-0.2, -0.15) is 0 Å².